The van der Waals surface area contributed by atoms with Crippen LogP contribution in [0, 0.1) is 0 Å². The van der Waals surface area contributed by atoms with Crippen LogP contribution < -0.4 is 25.4 Å². The summed E-state index contributed by atoms with van der Waals surface area (Å²) >= 11 is 1.19. The standard InChI is InChI=1S/C20H23N5O4S/c1-4-29-15-7-5-13(6-8-15)19-23-24-20(25(19)21)30-12-18(26)22-14-9-16(27-2)11-17(10-14)28-3/h5-11H,4,12,21H2,1-3H3,(H,22,26). The van der Waals surface area contributed by atoms with Gasteiger partial charge in [0.15, 0.2) is 5.82 Å². The summed E-state index contributed by atoms with van der Waals surface area (Å²) in [6.07, 6.45) is 0. The number of benzene rings is 2. The fraction of sp³-hybridized carbons (Fsp3) is 0.250. The average molecular weight is 430 g/mol. The molecule has 0 aliphatic carbocycles. The molecule has 3 rings (SSSR count). The molecule has 0 saturated carbocycles. The molecule has 0 aliphatic rings. The zero-order valence-electron chi connectivity index (χ0n) is 16.9. The fourth-order valence-electron chi connectivity index (χ4n) is 2.65. The first-order valence-corrected chi connectivity index (χ1v) is 10.1. The molecule has 0 bridgehead atoms. The van der Waals surface area contributed by atoms with E-state index in [-0.39, 0.29) is 11.7 Å². The molecule has 30 heavy (non-hydrogen) atoms. The summed E-state index contributed by atoms with van der Waals surface area (Å²) in [6, 6.07) is 12.5. The molecule has 1 heterocycles. The number of carbonyl (C=O) groups is 1. The van der Waals surface area contributed by atoms with Gasteiger partial charge in [0, 0.05) is 29.4 Å². The molecule has 0 atom stereocenters. The van der Waals surface area contributed by atoms with Gasteiger partial charge in [-0.05, 0) is 31.2 Å². The maximum Gasteiger partial charge on any atom is 0.234 e. The largest absolute Gasteiger partial charge is 0.497 e. The van der Waals surface area contributed by atoms with Crippen molar-refractivity contribution in [1.82, 2.24) is 14.9 Å². The SMILES string of the molecule is CCOc1ccc(-c2nnc(SCC(=O)Nc3cc(OC)cc(OC)c3)n2N)cc1. The molecule has 0 aliphatic heterocycles. The summed E-state index contributed by atoms with van der Waals surface area (Å²) in [7, 11) is 3.10. The lowest BCUT2D eigenvalue weighted by Gasteiger charge is -2.09. The number of nitrogens with zero attached hydrogens (tertiary/aromatic N) is 3. The normalized spacial score (nSPS) is 10.5. The third kappa shape index (κ3) is 5.15. The lowest BCUT2D eigenvalue weighted by Crippen LogP contribution is -2.16. The number of carbonyl (C=O) groups excluding carboxylic acids is 1. The third-order valence-electron chi connectivity index (χ3n) is 4.06. The van der Waals surface area contributed by atoms with Crippen LogP contribution >= 0.6 is 11.8 Å². The van der Waals surface area contributed by atoms with Crippen molar-refractivity contribution in [3.8, 4) is 28.6 Å². The Morgan fingerprint density at radius 2 is 1.73 bits per heavy atom. The van der Waals surface area contributed by atoms with Gasteiger partial charge < -0.3 is 25.4 Å². The number of amides is 1. The van der Waals surface area contributed by atoms with Crippen molar-refractivity contribution in [2.75, 3.05) is 37.7 Å². The summed E-state index contributed by atoms with van der Waals surface area (Å²) in [5.74, 6) is 8.44. The molecule has 0 fully saturated rings. The molecule has 1 amide bonds. The van der Waals surface area contributed by atoms with Gasteiger partial charge in [0.1, 0.15) is 17.2 Å². The Bertz CT molecular complexity index is 985. The number of methoxy groups -OCH3 is 2. The molecule has 2 aromatic carbocycles. The Morgan fingerprint density at radius 1 is 1.07 bits per heavy atom. The van der Waals surface area contributed by atoms with Gasteiger partial charge in [-0.25, -0.2) is 4.68 Å². The van der Waals surface area contributed by atoms with Crippen LogP contribution in [-0.4, -0.2) is 47.4 Å². The van der Waals surface area contributed by atoms with Crippen LogP contribution in [-0.2, 0) is 4.79 Å². The van der Waals surface area contributed by atoms with Crippen LogP contribution in [0.25, 0.3) is 11.4 Å². The summed E-state index contributed by atoms with van der Waals surface area (Å²) in [4.78, 5) is 12.3. The Balaban J connectivity index is 1.63. The molecule has 0 spiro atoms. The lowest BCUT2D eigenvalue weighted by atomic mass is 10.2. The van der Waals surface area contributed by atoms with E-state index < -0.39 is 0 Å². The van der Waals surface area contributed by atoms with Gasteiger partial charge in [-0.15, -0.1) is 10.2 Å². The van der Waals surface area contributed by atoms with Gasteiger partial charge in [0.05, 0.1) is 26.6 Å². The Hall–Kier alpha value is -3.40. The summed E-state index contributed by atoms with van der Waals surface area (Å²) < 4.78 is 17.2. The van der Waals surface area contributed by atoms with E-state index >= 15 is 0 Å². The monoisotopic (exact) mass is 429 g/mol. The maximum absolute atomic E-state index is 12.3. The number of hydrogen-bond donors (Lipinski definition) is 2. The van der Waals surface area contributed by atoms with E-state index in [1.165, 1.54) is 16.4 Å². The molecule has 10 heteroatoms. The van der Waals surface area contributed by atoms with E-state index in [1.807, 2.05) is 31.2 Å². The van der Waals surface area contributed by atoms with Gasteiger partial charge in [-0.3, -0.25) is 4.79 Å². The molecular weight excluding hydrogens is 406 g/mol. The van der Waals surface area contributed by atoms with Gasteiger partial charge >= 0.3 is 0 Å². The first-order chi connectivity index (χ1) is 14.5. The summed E-state index contributed by atoms with van der Waals surface area (Å²) in [5.41, 5.74) is 1.37. The molecule has 158 valence electrons. The van der Waals surface area contributed by atoms with Gasteiger partial charge in [0.25, 0.3) is 0 Å². The number of rotatable bonds is 9. The van der Waals surface area contributed by atoms with E-state index in [9.17, 15) is 4.79 Å². The van der Waals surface area contributed by atoms with Crippen molar-refractivity contribution < 1.29 is 19.0 Å². The second-order valence-corrected chi connectivity index (χ2v) is 7.01. The average Bonchev–Trinajstić information content (AvgIpc) is 3.13. The molecule has 9 nitrogen and oxygen atoms in total. The minimum atomic E-state index is -0.221. The molecule has 3 N–H and O–H groups in total. The second kappa shape index (κ2) is 9.88. The number of nitrogens with one attached hydrogen (secondary N) is 1. The van der Waals surface area contributed by atoms with Crippen LogP contribution in [0.1, 0.15) is 6.92 Å². The molecule has 1 aromatic heterocycles. The predicted molar refractivity (Wildman–Crippen MR) is 116 cm³/mol. The minimum absolute atomic E-state index is 0.109. The first kappa shape index (κ1) is 21.3. The molecule has 0 saturated heterocycles. The predicted octanol–water partition coefficient (Wildman–Crippen LogP) is 2.81. The van der Waals surface area contributed by atoms with Crippen molar-refractivity contribution in [2.24, 2.45) is 0 Å². The molecule has 0 radical (unpaired) electrons. The van der Waals surface area contributed by atoms with E-state index in [2.05, 4.69) is 15.5 Å². The number of thioether (sulfide) groups is 1. The van der Waals surface area contributed by atoms with Crippen LogP contribution in [0.4, 0.5) is 5.69 Å². The minimum Gasteiger partial charge on any atom is -0.497 e. The topological polar surface area (TPSA) is 114 Å². The number of hydrogen-bond acceptors (Lipinski definition) is 8. The van der Waals surface area contributed by atoms with Gasteiger partial charge in [-0.2, -0.15) is 0 Å². The Morgan fingerprint density at radius 3 is 2.33 bits per heavy atom. The zero-order chi connectivity index (χ0) is 21.5. The van der Waals surface area contributed by atoms with Crippen molar-refractivity contribution in [3.63, 3.8) is 0 Å². The maximum atomic E-state index is 12.3. The van der Waals surface area contributed by atoms with Gasteiger partial charge in [-0.1, -0.05) is 11.8 Å². The van der Waals surface area contributed by atoms with Crippen molar-refractivity contribution in [2.45, 2.75) is 12.1 Å². The highest BCUT2D eigenvalue weighted by molar-refractivity contribution is 7.99. The fourth-order valence-corrected chi connectivity index (χ4v) is 3.30. The van der Waals surface area contributed by atoms with E-state index in [0.717, 1.165) is 11.3 Å². The highest BCUT2D eigenvalue weighted by atomic mass is 32.2. The van der Waals surface area contributed by atoms with Crippen molar-refractivity contribution in [1.29, 1.82) is 0 Å². The smallest absolute Gasteiger partial charge is 0.234 e. The first-order valence-electron chi connectivity index (χ1n) is 9.13. The van der Waals surface area contributed by atoms with Crippen molar-refractivity contribution >= 4 is 23.4 Å². The number of nitrogen functional groups attached to an aromatic ring is 1. The van der Waals surface area contributed by atoms with Crippen LogP contribution in [0.2, 0.25) is 0 Å². The summed E-state index contributed by atoms with van der Waals surface area (Å²) in [5, 5.41) is 11.4. The number of ether oxygens (including phenoxy) is 3. The Kier molecular flexibility index (Phi) is 7.02. The molecule has 0 unspecified atom stereocenters. The second-order valence-electron chi connectivity index (χ2n) is 6.07. The number of aromatic nitrogens is 3. The van der Waals surface area contributed by atoms with E-state index in [4.69, 9.17) is 20.1 Å². The number of nitrogens with two attached hydrogens (primary N) is 1. The van der Waals surface area contributed by atoms with Crippen LogP contribution in [0.3, 0.4) is 0 Å². The molecular formula is C20H23N5O4S. The van der Waals surface area contributed by atoms with Crippen LogP contribution in [0.15, 0.2) is 47.6 Å². The van der Waals surface area contributed by atoms with E-state index in [1.54, 1.807) is 32.4 Å². The van der Waals surface area contributed by atoms with E-state index in [0.29, 0.717) is 34.8 Å². The highest BCUT2D eigenvalue weighted by Gasteiger charge is 2.14. The van der Waals surface area contributed by atoms with Gasteiger partial charge in [0.2, 0.25) is 11.1 Å². The zero-order valence-corrected chi connectivity index (χ0v) is 17.7. The number of anilines is 1. The van der Waals surface area contributed by atoms with Crippen LogP contribution in [0.5, 0.6) is 17.2 Å². The quantitative estimate of drug-likeness (QED) is 0.394. The Labute approximate surface area is 178 Å². The third-order valence-corrected chi connectivity index (χ3v) is 5.00. The molecule has 3 aromatic rings. The van der Waals surface area contributed by atoms with Crippen molar-refractivity contribution in [3.05, 3.63) is 42.5 Å². The lowest BCUT2D eigenvalue weighted by molar-refractivity contribution is -0.113. The summed E-state index contributed by atoms with van der Waals surface area (Å²) in [6.45, 7) is 2.52. The highest BCUT2D eigenvalue weighted by Crippen LogP contribution is 2.27.